The highest BCUT2D eigenvalue weighted by Gasteiger charge is 2.16. The first-order valence-electron chi connectivity index (χ1n) is 10.7. The number of nitrogens with zero attached hydrogens (tertiary/aromatic N) is 1. The summed E-state index contributed by atoms with van der Waals surface area (Å²) in [6.45, 7) is 0.0285. The van der Waals surface area contributed by atoms with Crippen molar-refractivity contribution >= 4 is 34.9 Å². The minimum Gasteiger partial charge on any atom is -0.486 e. The van der Waals surface area contributed by atoms with Gasteiger partial charge in [0, 0.05) is 17.2 Å². The highest BCUT2D eigenvalue weighted by Crippen LogP contribution is 2.30. The zero-order valence-electron chi connectivity index (χ0n) is 19.3. The van der Waals surface area contributed by atoms with Gasteiger partial charge in [0.05, 0.1) is 29.4 Å². The van der Waals surface area contributed by atoms with E-state index in [0.29, 0.717) is 27.8 Å². The number of non-ortho nitro benzene ring substituents is 1. The summed E-state index contributed by atoms with van der Waals surface area (Å²) in [5, 5.41) is 14.5. The number of anilines is 1. The molecule has 0 saturated heterocycles. The molecule has 4 rings (SSSR count). The largest absolute Gasteiger partial charge is 0.486 e. The van der Waals surface area contributed by atoms with Gasteiger partial charge in [-0.05, 0) is 60.7 Å². The SMILES string of the molecule is COC(=O)c1ccc(OCc2ccc(C(=O)Nc3cc(Oc4ccc(Cl)cc4)cc([N+](=O)[O-])c3)o2)cc1. The number of amides is 1. The molecule has 1 aromatic heterocycles. The first-order chi connectivity index (χ1) is 17.8. The number of benzene rings is 3. The van der Waals surface area contributed by atoms with Gasteiger partial charge in [-0.1, -0.05) is 11.6 Å². The Morgan fingerprint density at radius 2 is 1.65 bits per heavy atom. The Balaban J connectivity index is 1.42. The summed E-state index contributed by atoms with van der Waals surface area (Å²) in [7, 11) is 1.30. The highest BCUT2D eigenvalue weighted by atomic mass is 35.5. The summed E-state index contributed by atoms with van der Waals surface area (Å²) >= 11 is 5.87. The highest BCUT2D eigenvalue weighted by molar-refractivity contribution is 6.30. The molecule has 1 amide bonds. The summed E-state index contributed by atoms with van der Waals surface area (Å²) in [5.41, 5.74) is 0.256. The fourth-order valence-electron chi connectivity index (χ4n) is 3.19. The molecule has 0 aliphatic rings. The summed E-state index contributed by atoms with van der Waals surface area (Å²) in [6.07, 6.45) is 0. The van der Waals surface area contributed by atoms with Crippen LogP contribution in [-0.2, 0) is 11.3 Å². The zero-order valence-corrected chi connectivity index (χ0v) is 20.1. The van der Waals surface area contributed by atoms with Crippen molar-refractivity contribution in [3.63, 3.8) is 0 Å². The number of nitro benzene ring substituents is 1. The zero-order chi connectivity index (χ0) is 26.4. The monoisotopic (exact) mass is 522 g/mol. The van der Waals surface area contributed by atoms with Gasteiger partial charge in [0.2, 0.25) is 0 Å². The molecule has 188 valence electrons. The molecule has 0 fully saturated rings. The van der Waals surface area contributed by atoms with E-state index < -0.39 is 16.8 Å². The van der Waals surface area contributed by atoms with Crippen molar-refractivity contribution in [2.24, 2.45) is 0 Å². The number of nitro groups is 1. The van der Waals surface area contributed by atoms with Crippen LogP contribution in [-0.4, -0.2) is 23.9 Å². The molecule has 0 saturated carbocycles. The Labute approximate surface area is 215 Å². The molecule has 4 aromatic rings. The molecule has 1 N–H and O–H groups in total. The number of carbonyl (C=O) groups is 2. The van der Waals surface area contributed by atoms with Crippen molar-refractivity contribution in [2.75, 3.05) is 12.4 Å². The Morgan fingerprint density at radius 3 is 2.32 bits per heavy atom. The normalized spacial score (nSPS) is 10.4. The molecule has 0 radical (unpaired) electrons. The van der Waals surface area contributed by atoms with E-state index in [4.69, 9.17) is 25.5 Å². The van der Waals surface area contributed by atoms with Crippen LogP contribution in [0.15, 0.2) is 83.3 Å². The van der Waals surface area contributed by atoms with Gasteiger partial charge in [0.25, 0.3) is 11.6 Å². The average Bonchev–Trinajstić information content (AvgIpc) is 3.38. The van der Waals surface area contributed by atoms with Gasteiger partial charge >= 0.3 is 5.97 Å². The van der Waals surface area contributed by atoms with E-state index in [1.165, 1.54) is 31.4 Å². The third-order valence-corrected chi connectivity index (χ3v) is 5.20. The Bertz CT molecular complexity index is 1430. The maximum Gasteiger partial charge on any atom is 0.337 e. The predicted octanol–water partition coefficient (Wildman–Crippen LogP) is 6.25. The molecule has 0 bridgehead atoms. The van der Waals surface area contributed by atoms with Crippen LogP contribution in [0.5, 0.6) is 17.2 Å². The molecule has 0 aliphatic carbocycles. The number of nitrogens with one attached hydrogen (secondary N) is 1. The lowest BCUT2D eigenvalue weighted by Crippen LogP contribution is -2.11. The summed E-state index contributed by atoms with van der Waals surface area (Å²) < 4.78 is 21.5. The summed E-state index contributed by atoms with van der Waals surface area (Å²) in [5.74, 6) is 0.322. The van der Waals surface area contributed by atoms with E-state index in [2.05, 4.69) is 10.1 Å². The third-order valence-electron chi connectivity index (χ3n) is 4.95. The Morgan fingerprint density at radius 1 is 0.946 bits per heavy atom. The maximum atomic E-state index is 12.7. The van der Waals surface area contributed by atoms with Gasteiger partial charge in [-0.15, -0.1) is 0 Å². The van der Waals surface area contributed by atoms with Crippen LogP contribution in [0.25, 0.3) is 0 Å². The molecular weight excluding hydrogens is 504 g/mol. The number of halogens is 1. The van der Waals surface area contributed by atoms with Crippen LogP contribution in [0, 0.1) is 10.1 Å². The minimum atomic E-state index is -0.619. The Kier molecular flexibility index (Phi) is 7.70. The fraction of sp³-hybridized carbons (Fsp3) is 0.0769. The fourth-order valence-corrected chi connectivity index (χ4v) is 3.31. The maximum absolute atomic E-state index is 12.7. The number of rotatable bonds is 9. The molecule has 11 heteroatoms. The predicted molar refractivity (Wildman–Crippen MR) is 133 cm³/mol. The van der Waals surface area contributed by atoms with Crippen molar-refractivity contribution in [1.29, 1.82) is 0 Å². The van der Waals surface area contributed by atoms with Crippen LogP contribution < -0.4 is 14.8 Å². The van der Waals surface area contributed by atoms with Gasteiger partial charge in [0.15, 0.2) is 5.76 Å². The molecule has 1 heterocycles. The quantitative estimate of drug-likeness (QED) is 0.155. The lowest BCUT2D eigenvalue weighted by molar-refractivity contribution is -0.384. The second-order valence-corrected chi connectivity index (χ2v) is 7.99. The number of ether oxygens (including phenoxy) is 3. The molecule has 0 unspecified atom stereocenters. The van der Waals surface area contributed by atoms with Crippen LogP contribution in [0.3, 0.4) is 0 Å². The number of esters is 1. The van der Waals surface area contributed by atoms with Crippen molar-refractivity contribution in [2.45, 2.75) is 6.61 Å². The average molecular weight is 523 g/mol. The molecule has 37 heavy (non-hydrogen) atoms. The standard InChI is InChI=1S/C26H19ClN2O8/c1-34-26(31)16-2-6-20(7-3-16)35-15-22-10-11-24(37-22)25(30)28-18-12-19(29(32)33)14-23(13-18)36-21-8-4-17(27)5-9-21/h2-14H,15H2,1H3,(H,28,30). The van der Waals surface area contributed by atoms with Crippen molar-refractivity contribution in [3.8, 4) is 17.2 Å². The van der Waals surface area contributed by atoms with E-state index in [1.54, 1.807) is 54.6 Å². The lowest BCUT2D eigenvalue weighted by atomic mass is 10.2. The number of carbonyl (C=O) groups excluding carboxylic acids is 2. The van der Waals surface area contributed by atoms with Crippen molar-refractivity contribution in [1.82, 2.24) is 0 Å². The van der Waals surface area contributed by atoms with Gasteiger partial charge in [-0.3, -0.25) is 14.9 Å². The minimum absolute atomic E-state index is 0.0219. The van der Waals surface area contributed by atoms with Gasteiger partial charge < -0.3 is 23.9 Å². The molecular formula is C26H19ClN2O8. The van der Waals surface area contributed by atoms with Gasteiger partial charge in [-0.2, -0.15) is 0 Å². The topological polar surface area (TPSA) is 130 Å². The van der Waals surface area contributed by atoms with E-state index in [1.807, 2.05) is 0 Å². The molecule has 10 nitrogen and oxygen atoms in total. The summed E-state index contributed by atoms with van der Waals surface area (Å²) in [4.78, 5) is 35.0. The van der Waals surface area contributed by atoms with E-state index >= 15 is 0 Å². The van der Waals surface area contributed by atoms with Crippen molar-refractivity contribution in [3.05, 3.63) is 111 Å². The van der Waals surface area contributed by atoms with Gasteiger partial charge in [0.1, 0.15) is 29.6 Å². The van der Waals surface area contributed by atoms with Crippen LogP contribution in [0.1, 0.15) is 26.7 Å². The second-order valence-electron chi connectivity index (χ2n) is 7.55. The lowest BCUT2D eigenvalue weighted by Gasteiger charge is -2.09. The number of hydrogen-bond acceptors (Lipinski definition) is 8. The second kappa shape index (κ2) is 11.3. The number of hydrogen-bond donors (Lipinski definition) is 1. The Hall–Kier alpha value is -4.83. The first kappa shape index (κ1) is 25.3. The van der Waals surface area contributed by atoms with Gasteiger partial charge in [-0.25, -0.2) is 4.79 Å². The smallest absolute Gasteiger partial charge is 0.337 e. The molecule has 0 aliphatic heterocycles. The molecule has 3 aromatic carbocycles. The first-order valence-corrected chi connectivity index (χ1v) is 11.1. The van der Waals surface area contributed by atoms with Crippen LogP contribution >= 0.6 is 11.6 Å². The van der Waals surface area contributed by atoms with Crippen molar-refractivity contribution < 1.29 is 33.1 Å². The van der Waals surface area contributed by atoms with Crippen LogP contribution in [0.2, 0.25) is 5.02 Å². The molecule has 0 atom stereocenters. The van der Waals surface area contributed by atoms with E-state index in [0.717, 1.165) is 0 Å². The van der Waals surface area contributed by atoms with E-state index in [9.17, 15) is 19.7 Å². The third kappa shape index (κ3) is 6.65. The number of methoxy groups -OCH3 is 1. The number of furan rings is 1. The van der Waals surface area contributed by atoms with Crippen LogP contribution in [0.4, 0.5) is 11.4 Å². The molecule has 0 spiro atoms. The van der Waals surface area contributed by atoms with E-state index in [-0.39, 0.29) is 29.5 Å². The summed E-state index contributed by atoms with van der Waals surface area (Å²) in [6, 6.07) is 19.7.